The van der Waals surface area contributed by atoms with Gasteiger partial charge < -0.3 is 19.8 Å². The number of piperidine rings is 1. The molecular weight excluding hydrogens is 477 g/mol. The van der Waals surface area contributed by atoms with Crippen LogP contribution in [0.4, 0.5) is 4.39 Å². The number of aliphatic hydroxyl groups is 2. The third kappa shape index (κ3) is 5.50. The number of amides is 1. The fraction of sp³-hybridized carbons (Fsp3) is 0.259. The van der Waals surface area contributed by atoms with Crippen LogP contribution < -0.4 is 4.74 Å². The van der Waals surface area contributed by atoms with E-state index in [1.165, 1.54) is 6.07 Å². The minimum atomic E-state index is -1.01. The molecule has 5 rings (SSSR count). The normalized spacial score (nSPS) is 14.9. The number of rotatable bonds is 7. The largest absolute Gasteiger partial charge is 0.424 e. The van der Waals surface area contributed by atoms with E-state index in [2.05, 4.69) is 15.1 Å². The summed E-state index contributed by atoms with van der Waals surface area (Å²) >= 11 is 0. The maximum Gasteiger partial charge on any atom is 0.321 e. The maximum absolute atomic E-state index is 13.8. The van der Waals surface area contributed by atoms with Crippen LogP contribution in [0.25, 0.3) is 5.69 Å². The Balaban J connectivity index is 1.21. The van der Waals surface area contributed by atoms with Gasteiger partial charge in [0, 0.05) is 54.9 Å². The van der Waals surface area contributed by atoms with E-state index in [4.69, 9.17) is 4.74 Å². The van der Waals surface area contributed by atoms with Crippen molar-refractivity contribution in [3.05, 3.63) is 95.8 Å². The van der Waals surface area contributed by atoms with E-state index < -0.39 is 18.0 Å². The van der Waals surface area contributed by atoms with Crippen molar-refractivity contribution in [1.82, 2.24) is 24.6 Å². The number of aromatic nitrogens is 4. The molecule has 1 saturated heterocycles. The van der Waals surface area contributed by atoms with E-state index in [9.17, 15) is 19.4 Å². The molecule has 190 valence electrons. The third-order valence-corrected chi connectivity index (χ3v) is 6.51. The Kier molecular flexibility index (Phi) is 6.93. The lowest BCUT2D eigenvalue weighted by Gasteiger charge is -2.38. The Bertz CT molecular complexity index is 1370. The molecule has 37 heavy (non-hydrogen) atoms. The van der Waals surface area contributed by atoms with Crippen molar-refractivity contribution in [2.45, 2.75) is 31.5 Å². The lowest BCUT2D eigenvalue weighted by molar-refractivity contribution is -0.0172. The molecule has 1 fully saturated rings. The Morgan fingerprint density at radius 2 is 1.76 bits per heavy atom. The van der Waals surface area contributed by atoms with E-state index in [-0.39, 0.29) is 17.5 Å². The van der Waals surface area contributed by atoms with Gasteiger partial charge in [-0.25, -0.2) is 19.0 Å². The number of likely N-dealkylation sites (tertiary alicyclic amines) is 1. The molecule has 1 aliphatic heterocycles. The first-order chi connectivity index (χ1) is 17.9. The maximum atomic E-state index is 13.8. The van der Waals surface area contributed by atoms with E-state index >= 15 is 0 Å². The summed E-state index contributed by atoms with van der Waals surface area (Å²) in [7, 11) is 0. The summed E-state index contributed by atoms with van der Waals surface area (Å²) in [6.07, 6.45) is 5.93. The first kappa shape index (κ1) is 24.5. The molecule has 10 heteroatoms. The van der Waals surface area contributed by atoms with Gasteiger partial charge in [-0.3, -0.25) is 4.79 Å². The van der Waals surface area contributed by atoms with Crippen molar-refractivity contribution in [2.75, 3.05) is 13.1 Å². The van der Waals surface area contributed by atoms with Gasteiger partial charge >= 0.3 is 6.01 Å². The van der Waals surface area contributed by atoms with Crippen LogP contribution in [0.1, 0.15) is 34.5 Å². The smallest absolute Gasteiger partial charge is 0.321 e. The molecule has 0 atom stereocenters. The van der Waals surface area contributed by atoms with E-state index in [1.54, 1.807) is 70.6 Å². The third-order valence-electron chi connectivity index (χ3n) is 6.51. The molecule has 1 amide bonds. The zero-order chi connectivity index (χ0) is 25.8. The van der Waals surface area contributed by atoms with Crippen molar-refractivity contribution in [2.24, 2.45) is 0 Å². The second-order valence-electron chi connectivity index (χ2n) is 9.02. The average molecular weight is 504 g/mol. The van der Waals surface area contributed by atoms with Crippen LogP contribution in [0.2, 0.25) is 0 Å². The number of hydrogen-bond acceptors (Lipinski definition) is 7. The Morgan fingerprint density at radius 1 is 1.03 bits per heavy atom. The predicted octanol–water partition coefficient (Wildman–Crippen LogP) is 3.30. The molecule has 2 N–H and O–H groups in total. The molecule has 4 aromatic rings. The minimum absolute atomic E-state index is 0.113. The van der Waals surface area contributed by atoms with Gasteiger partial charge in [0.05, 0.1) is 17.9 Å². The van der Waals surface area contributed by atoms with Crippen molar-refractivity contribution < 1.29 is 24.1 Å². The van der Waals surface area contributed by atoms with Crippen molar-refractivity contribution in [3.8, 4) is 17.4 Å². The molecule has 0 bridgehead atoms. The highest BCUT2D eigenvalue weighted by molar-refractivity contribution is 5.94. The number of aliphatic hydroxyl groups excluding tert-OH is 1. The van der Waals surface area contributed by atoms with Gasteiger partial charge in [-0.1, -0.05) is 0 Å². The zero-order valence-corrected chi connectivity index (χ0v) is 20.0. The van der Waals surface area contributed by atoms with Crippen LogP contribution in [-0.4, -0.2) is 59.5 Å². The first-order valence-corrected chi connectivity index (χ1v) is 11.9. The summed E-state index contributed by atoms with van der Waals surface area (Å²) in [5.41, 5.74) is 1.06. The average Bonchev–Trinajstić information content (AvgIpc) is 3.37. The topological polar surface area (TPSA) is 114 Å². The Hall–Kier alpha value is -4.15. The highest BCUT2D eigenvalue weighted by atomic mass is 19.1. The monoisotopic (exact) mass is 503 g/mol. The number of hydrogen-bond donors (Lipinski definition) is 2. The van der Waals surface area contributed by atoms with Crippen molar-refractivity contribution >= 4 is 5.91 Å². The Labute approximate surface area is 212 Å². The molecule has 3 heterocycles. The van der Waals surface area contributed by atoms with Crippen LogP contribution in [0.3, 0.4) is 0 Å². The molecule has 0 unspecified atom stereocenters. The number of ether oxygens (including phenoxy) is 1. The fourth-order valence-electron chi connectivity index (χ4n) is 4.44. The van der Waals surface area contributed by atoms with Gasteiger partial charge in [-0.05, 0) is 67.4 Å². The van der Waals surface area contributed by atoms with Crippen LogP contribution >= 0.6 is 0 Å². The predicted molar refractivity (Wildman–Crippen MR) is 132 cm³/mol. The molecule has 0 radical (unpaired) electrons. The highest BCUT2D eigenvalue weighted by Crippen LogP contribution is 2.29. The molecular formula is C27H26FN5O4. The van der Waals surface area contributed by atoms with Crippen LogP contribution in [0, 0.1) is 5.82 Å². The summed E-state index contributed by atoms with van der Waals surface area (Å²) < 4.78 is 21.0. The summed E-state index contributed by atoms with van der Waals surface area (Å²) in [6, 6.07) is 14.9. The molecule has 9 nitrogen and oxygen atoms in total. The number of halogens is 1. The Morgan fingerprint density at radius 3 is 2.46 bits per heavy atom. The standard InChI is InChI=1S/C27H26FN5O4/c28-24-7-4-21(16-20(24)18-34)33-22(8-13-31-33)17-27(36)9-14-32(15-10-27)25(35)19-2-5-23(6-3-19)37-26-29-11-1-12-30-26/h1-8,11-13,16,34,36H,9-10,14-15,17-18H2. The zero-order valence-electron chi connectivity index (χ0n) is 20.0. The number of carbonyl (C=O) groups is 1. The lowest BCUT2D eigenvalue weighted by Crippen LogP contribution is -2.48. The van der Waals surface area contributed by atoms with E-state index in [1.807, 2.05) is 6.07 Å². The van der Waals surface area contributed by atoms with Gasteiger partial charge in [0.15, 0.2) is 0 Å². The summed E-state index contributed by atoms with van der Waals surface area (Å²) in [4.78, 5) is 22.8. The van der Waals surface area contributed by atoms with Gasteiger partial charge in [-0.2, -0.15) is 5.10 Å². The van der Waals surface area contributed by atoms with Gasteiger partial charge in [0.1, 0.15) is 11.6 Å². The molecule has 1 aliphatic rings. The minimum Gasteiger partial charge on any atom is -0.424 e. The van der Waals surface area contributed by atoms with Gasteiger partial charge in [0.25, 0.3) is 5.91 Å². The van der Waals surface area contributed by atoms with Crippen LogP contribution in [-0.2, 0) is 13.0 Å². The van der Waals surface area contributed by atoms with E-state index in [0.29, 0.717) is 49.4 Å². The molecule has 2 aromatic carbocycles. The summed E-state index contributed by atoms with van der Waals surface area (Å²) in [6.45, 7) is 0.400. The number of nitrogens with zero attached hydrogens (tertiary/aromatic N) is 5. The van der Waals surface area contributed by atoms with Gasteiger partial charge in [0.2, 0.25) is 0 Å². The van der Waals surface area contributed by atoms with Crippen LogP contribution in [0.5, 0.6) is 11.8 Å². The summed E-state index contributed by atoms with van der Waals surface area (Å²) in [5, 5.41) is 25.0. The van der Waals surface area contributed by atoms with Crippen LogP contribution in [0.15, 0.2) is 73.2 Å². The first-order valence-electron chi connectivity index (χ1n) is 11.9. The SMILES string of the molecule is O=C(c1ccc(Oc2ncccn2)cc1)N1CCC(O)(Cc2ccnn2-c2ccc(F)c(CO)c2)CC1. The molecule has 0 aliphatic carbocycles. The summed E-state index contributed by atoms with van der Waals surface area (Å²) in [5.74, 6) is -0.0694. The molecule has 0 saturated carbocycles. The van der Waals surface area contributed by atoms with Gasteiger partial charge in [-0.15, -0.1) is 0 Å². The number of carbonyl (C=O) groups excluding carboxylic acids is 1. The van der Waals surface area contributed by atoms with E-state index in [0.717, 1.165) is 5.69 Å². The number of benzene rings is 2. The van der Waals surface area contributed by atoms with Crippen molar-refractivity contribution in [3.63, 3.8) is 0 Å². The molecule has 0 spiro atoms. The second-order valence-corrected chi connectivity index (χ2v) is 9.02. The highest BCUT2D eigenvalue weighted by Gasteiger charge is 2.35. The fourth-order valence-corrected chi connectivity index (χ4v) is 4.44. The van der Waals surface area contributed by atoms with Crippen molar-refractivity contribution in [1.29, 1.82) is 0 Å². The quantitative estimate of drug-likeness (QED) is 0.398. The second kappa shape index (κ2) is 10.5. The lowest BCUT2D eigenvalue weighted by atomic mass is 9.86. The molecule has 2 aromatic heterocycles.